The highest BCUT2D eigenvalue weighted by molar-refractivity contribution is 6.17. The van der Waals surface area contributed by atoms with E-state index in [1.165, 1.54) is 6.07 Å². The van der Waals surface area contributed by atoms with Crippen LogP contribution in [0, 0.1) is 5.92 Å². The number of amides is 1. The monoisotopic (exact) mass is 417 g/mol. The summed E-state index contributed by atoms with van der Waals surface area (Å²) in [5.74, 6) is -1.14. The smallest absolute Gasteiger partial charge is 0.250 e. The van der Waals surface area contributed by atoms with Gasteiger partial charge in [0.25, 0.3) is 5.91 Å². The summed E-state index contributed by atoms with van der Waals surface area (Å²) in [5.41, 5.74) is 29.0. The topological polar surface area (TPSA) is 187 Å². The molecule has 0 radical (unpaired) electrons. The molecule has 1 aliphatic rings. The molecule has 31 heavy (non-hydrogen) atoms. The van der Waals surface area contributed by atoms with Crippen LogP contribution < -0.4 is 28.4 Å². The van der Waals surface area contributed by atoms with Gasteiger partial charge in [-0.15, -0.1) is 0 Å². The van der Waals surface area contributed by atoms with Crippen LogP contribution >= 0.6 is 0 Å². The summed E-state index contributed by atoms with van der Waals surface area (Å²) in [6, 6.07) is 14.4. The molecule has 4 rings (SSSR count). The normalized spacial score (nSPS) is 17.5. The number of nitrogens with one attached hydrogen (secondary N) is 2. The van der Waals surface area contributed by atoms with Gasteiger partial charge < -0.3 is 10.7 Å². The number of nitrogens with zero attached hydrogens (tertiary/aromatic N) is 3. The minimum atomic E-state index is -1.60. The molecule has 0 spiro atoms. The van der Waals surface area contributed by atoms with E-state index in [4.69, 9.17) is 22.9 Å². The van der Waals surface area contributed by atoms with Crippen LogP contribution in [0.1, 0.15) is 28.5 Å². The van der Waals surface area contributed by atoms with E-state index in [0.717, 1.165) is 22.8 Å². The number of imidazole rings is 1. The van der Waals surface area contributed by atoms with Crippen molar-refractivity contribution >= 4 is 23.1 Å². The Morgan fingerprint density at radius 1 is 1.13 bits per heavy atom. The zero-order chi connectivity index (χ0) is 22.2. The third-order valence-corrected chi connectivity index (χ3v) is 5.01. The zero-order valence-corrected chi connectivity index (χ0v) is 16.8. The molecule has 1 aliphatic heterocycles. The third kappa shape index (κ3) is 4.08. The summed E-state index contributed by atoms with van der Waals surface area (Å²) < 4.78 is 0. The summed E-state index contributed by atoms with van der Waals surface area (Å²) in [5, 5.41) is 4.39. The van der Waals surface area contributed by atoms with Crippen LogP contribution in [0.5, 0.6) is 0 Å². The molecule has 10 nitrogen and oxygen atoms in total. The summed E-state index contributed by atoms with van der Waals surface area (Å²) in [6.07, 6.45) is 1.73. The molecule has 1 aromatic heterocycles. The first-order chi connectivity index (χ1) is 14.7. The van der Waals surface area contributed by atoms with Gasteiger partial charge in [0.1, 0.15) is 17.4 Å². The molecule has 0 bridgehead atoms. The second kappa shape index (κ2) is 7.76. The van der Waals surface area contributed by atoms with Crippen LogP contribution in [0.25, 0.3) is 11.4 Å². The van der Waals surface area contributed by atoms with Crippen molar-refractivity contribution in [2.75, 3.05) is 0 Å². The van der Waals surface area contributed by atoms with Crippen LogP contribution in [0.15, 0.2) is 64.8 Å². The second-order valence-electron chi connectivity index (χ2n) is 7.37. The van der Waals surface area contributed by atoms with E-state index in [9.17, 15) is 4.79 Å². The Balaban J connectivity index is 1.61. The predicted octanol–water partition coefficient (Wildman–Crippen LogP) is 0.836. The SMILES string of the molecule is CC1C(=Nc2ccc(C(N)(N)N)cc2C(N)=O)NN=C1c1cnc(-c2ccccc2)[nH]1. The largest absolute Gasteiger partial charge is 0.366 e. The van der Waals surface area contributed by atoms with E-state index in [1.54, 1.807) is 18.3 Å². The molecule has 158 valence electrons. The molecule has 10 N–H and O–H groups in total. The number of carbonyl (C=O) groups is 1. The Kier molecular flexibility index (Phi) is 5.11. The van der Waals surface area contributed by atoms with Crippen LogP contribution in [0.4, 0.5) is 5.69 Å². The van der Waals surface area contributed by atoms with Gasteiger partial charge >= 0.3 is 0 Å². The minimum Gasteiger partial charge on any atom is -0.366 e. The highest BCUT2D eigenvalue weighted by Gasteiger charge is 2.27. The van der Waals surface area contributed by atoms with Crippen LogP contribution in [0.2, 0.25) is 0 Å². The fourth-order valence-electron chi connectivity index (χ4n) is 3.28. The lowest BCUT2D eigenvalue weighted by Crippen LogP contribution is -2.54. The molecule has 2 aromatic carbocycles. The van der Waals surface area contributed by atoms with E-state index in [0.29, 0.717) is 17.1 Å². The Bertz CT molecular complexity index is 1190. The van der Waals surface area contributed by atoms with Crippen LogP contribution in [0.3, 0.4) is 0 Å². The minimum absolute atomic E-state index is 0.158. The first-order valence-electron chi connectivity index (χ1n) is 9.58. The number of amidine groups is 1. The number of aromatic nitrogens is 2. The molecular weight excluding hydrogens is 394 g/mol. The predicted molar refractivity (Wildman–Crippen MR) is 119 cm³/mol. The molecule has 0 fully saturated rings. The molecule has 2 heterocycles. The molecular formula is C21H23N9O. The quantitative estimate of drug-likeness (QED) is 0.334. The van der Waals surface area contributed by atoms with Gasteiger partial charge in [-0.3, -0.25) is 27.4 Å². The van der Waals surface area contributed by atoms with Gasteiger partial charge in [-0.25, -0.2) is 9.98 Å². The van der Waals surface area contributed by atoms with Gasteiger partial charge in [0.2, 0.25) is 0 Å². The molecule has 1 unspecified atom stereocenters. The summed E-state index contributed by atoms with van der Waals surface area (Å²) >= 11 is 0. The summed E-state index contributed by atoms with van der Waals surface area (Å²) in [6.45, 7) is 1.95. The summed E-state index contributed by atoms with van der Waals surface area (Å²) in [4.78, 5) is 24.2. The van der Waals surface area contributed by atoms with Crippen molar-refractivity contribution in [1.82, 2.24) is 15.4 Å². The molecule has 1 amide bonds. The highest BCUT2D eigenvalue weighted by atomic mass is 16.1. The standard InChI is InChI=1S/C21H23N9O/c1-11-17(16-10-26-20(28-16)12-5-3-2-4-6-12)29-30-19(11)27-15-8-7-13(21(23,24)25)9-14(15)18(22)31/h2-11H,23-25H2,1H3,(H2,22,31)(H,26,28)(H,27,30). The number of aromatic amines is 1. The molecule has 0 saturated heterocycles. The first kappa shape index (κ1) is 20.4. The average Bonchev–Trinajstić information content (AvgIpc) is 3.35. The van der Waals surface area contributed by atoms with Gasteiger partial charge in [-0.1, -0.05) is 36.4 Å². The van der Waals surface area contributed by atoms with Crippen LogP contribution in [-0.2, 0) is 5.79 Å². The lowest BCUT2D eigenvalue weighted by Gasteiger charge is -2.20. The number of H-pyrrole nitrogens is 1. The molecule has 0 saturated carbocycles. The van der Waals surface area contributed by atoms with Gasteiger partial charge in [-0.2, -0.15) is 5.10 Å². The number of hydrogen-bond acceptors (Lipinski definition) is 7. The Morgan fingerprint density at radius 3 is 2.55 bits per heavy atom. The summed E-state index contributed by atoms with van der Waals surface area (Å²) in [7, 11) is 0. The third-order valence-electron chi connectivity index (χ3n) is 5.01. The maximum atomic E-state index is 11.9. The average molecular weight is 417 g/mol. The number of aliphatic imine (C=N–C) groups is 1. The van der Waals surface area contributed by atoms with E-state index in [2.05, 4.69) is 25.5 Å². The fourth-order valence-corrected chi connectivity index (χ4v) is 3.28. The van der Waals surface area contributed by atoms with E-state index >= 15 is 0 Å². The van der Waals surface area contributed by atoms with Crippen molar-refractivity contribution in [3.8, 4) is 11.4 Å². The lowest BCUT2D eigenvalue weighted by atomic mass is 10.0. The number of benzene rings is 2. The van der Waals surface area contributed by atoms with Crippen molar-refractivity contribution < 1.29 is 4.79 Å². The Labute approximate surface area is 178 Å². The van der Waals surface area contributed by atoms with Gasteiger partial charge in [0, 0.05) is 11.1 Å². The maximum Gasteiger partial charge on any atom is 0.250 e. The molecule has 0 aliphatic carbocycles. The fraction of sp³-hybridized carbons (Fsp3) is 0.143. The first-order valence-corrected chi connectivity index (χ1v) is 9.58. The number of hydrogen-bond donors (Lipinski definition) is 6. The second-order valence-corrected chi connectivity index (χ2v) is 7.37. The van der Waals surface area contributed by atoms with E-state index < -0.39 is 11.7 Å². The highest BCUT2D eigenvalue weighted by Crippen LogP contribution is 2.25. The Hall–Kier alpha value is -3.86. The number of carbonyl (C=O) groups excluding carboxylic acids is 1. The van der Waals surface area contributed by atoms with E-state index in [1.807, 2.05) is 37.3 Å². The van der Waals surface area contributed by atoms with Crippen molar-refractivity contribution in [2.45, 2.75) is 12.7 Å². The molecule has 3 aromatic rings. The molecule has 1 atom stereocenters. The van der Waals surface area contributed by atoms with Crippen molar-refractivity contribution in [2.24, 2.45) is 38.9 Å². The van der Waals surface area contributed by atoms with Crippen molar-refractivity contribution in [3.63, 3.8) is 0 Å². The number of rotatable bonds is 5. The number of hydrazone groups is 1. The number of nitrogens with two attached hydrogens (primary N) is 4. The number of primary amides is 1. The van der Waals surface area contributed by atoms with Crippen molar-refractivity contribution in [3.05, 3.63) is 71.5 Å². The van der Waals surface area contributed by atoms with Crippen molar-refractivity contribution in [1.29, 1.82) is 0 Å². The van der Waals surface area contributed by atoms with Gasteiger partial charge in [0.05, 0.1) is 34.8 Å². The van der Waals surface area contributed by atoms with E-state index in [-0.39, 0.29) is 11.5 Å². The Morgan fingerprint density at radius 2 is 1.87 bits per heavy atom. The lowest BCUT2D eigenvalue weighted by molar-refractivity contribution is 0.100. The van der Waals surface area contributed by atoms with Gasteiger partial charge in [-0.05, 0) is 19.1 Å². The zero-order valence-electron chi connectivity index (χ0n) is 16.8. The van der Waals surface area contributed by atoms with Gasteiger partial charge in [0.15, 0.2) is 0 Å². The molecule has 10 heteroatoms. The maximum absolute atomic E-state index is 11.9. The van der Waals surface area contributed by atoms with Crippen LogP contribution in [-0.4, -0.2) is 27.4 Å².